The average molecular weight is 307 g/mol. The molecule has 2 bridgehead atoms. The fourth-order valence-corrected chi connectivity index (χ4v) is 3.05. The second kappa shape index (κ2) is 7.38. The van der Waals surface area contributed by atoms with Crippen LogP contribution in [0.15, 0.2) is 30.3 Å². The third-order valence-corrected chi connectivity index (χ3v) is 4.09. The van der Waals surface area contributed by atoms with Crippen molar-refractivity contribution < 1.29 is 29.9 Å². The van der Waals surface area contributed by atoms with Crippen molar-refractivity contribution in [3.05, 3.63) is 35.9 Å². The molecule has 0 amide bonds. The second-order valence-electron chi connectivity index (χ2n) is 5.70. The second-order valence-corrected chi connectivity index (χ2v) is 5.70. The van der Waals surface area contributed by atoms with Crippen molar-refractivity contribution in [3.8, 4) is 0 Å². The Bertz CT molecular complexity index is 517. The minimum atomic E-state index is -1.13. The lowest BCUT2D eigenvalue weighted by atomic mass is 10.0. The van der Waals surface area contributed by atoms with Crippen LogP contribution in [-0.4, -0.2) is 41.3 Å². The van der Waals surface area contributed by atoms with Crippen LogP contribution < -0.4 is 10.4 Å². The summed E-state index contributed by atoms with van der Waals surface area (Å²) in [4.78, 5) is 20.9. The molecule has 3 N–H and O–H groups in total. The lowest BCUT2D eigenvalue weighted by Crippen LogP contribution is -2.96. The number of benzene rings is 1. The largest absolute Gasteiger partial charge is 0.545 e. The highest BCUT2D eigenvalue weighted by molar-refractivity contribution is 5.85. The number of piperidine rings is 1. The number of rotatable bonds is 2. The number of carboxylic acid groups (broad SMARTS) is 1. The highest BCUT2D eigenvalue weighted by Gasteiger charge is 2.46. The monoisotopic (exact) mass is 307 g/mol. The fourth-order valence-electron chi connectivity index (χ4n) is 3.05. The zero-order valence-electron chi connectivity index (χ0n) is 12.5. The molecule has 120 valence electrons. The molecule has 2 saturated heterocycles. The number of aliphatic hydroxyl groups excluding tert-OH is 1. The number of quaternary nitrogens is 1. The maximum Gasteiger partial charge on any atom is 0.303 e. The highest BCUT2D eigenvalue weighted by Crippen LogP contribution is 2.23. The molecule has 2 fully saturated rings. The summed E-state index contributed by atoms with van der Waals surface area (Å²) in [6.45, 7) is 1.44. The molecule has 2 aliphatic rings. The zero-order valence-corrected chi connectivity index (χ0v) is 12.5. The number of carboxylic acids is 1. The number of hydrogen-bond acceptors (Lipinski definition) is 5. The first-order chi connectivity index (χ1) is 10.5. The molecule has 1 aromatic carbocycles. The molecule has 0 spiro atoms. The molecule has 0 aromatic heterocycles. The molecular formula is C16H21NO5. The fraction of sp³-hybridized carbons (Fsp3) is 0.500. The van der Waals surface area contributed by atoms with E-state index in [9.17, 15) is 19.8 Å². The normalized spacial score (nSPS) is 29.2. The van der Waals surface area contributed by atoms with E-state index in [-0.39, 0.29) is 29.8 Å². The van der Waals surface area contributed by atoms with E-state index in [1.54, 1.807) is 18.2 Å². The maximum atomic E-state index is 10.8. The summed E-state index contributed by atoms with van der Waals surface area (Å²) in [6, 6.07) is 8.70. The SMILES string of the molecule is CC(=O)OC1CCC2[NH2+]C1CC2O.O=C([O-])c1ccccc1. The van der Waals surface area contributed by atoms with E-state index in [1.165, 1.54) is 19.1 Å². The van der Waals surface area contributed by atoms with Crippen molar-refractivity contribution in [2.45, 2.75) is 50.5 Å². The zero-order chi connectivity index (χ0) is 16.1. The summed E-state index contributed by atoms with van der Waals surface area (Å²) in [6.07, 6.45) is 2.44. The maximum absolute atomic E-state index is 10.8. The number of aliphatic hydroxyl groups is 1. The van der Waals surface area contributed by atoms with Gasteiger partial charge in [-0.1, -0.05) is 30.3 Å². The molecule has 6 nitrogen and oxygen atoms in total. The third-order valence-electron chi connectivity index (χ3n) is 4.09. The van der Waals surface area contributed by atoms with Crippen molar-refractivity contribution in [2.24, 2.45) is 0 Å². The standard InChI is InChI=1S/C9H15NO3.C7H6O2/c1-5(11)13-9-3-2-6-8(12)4-7(9)10-6;8-7(9)6-4-2-1-3-5-6/h6-10,12H,2-4H2,1H3;1-5H,(H,8,9). The molecule has 1 aromatic rings. The molecule has 0 saturated carbocycles. The topological polar surface area (TPSA) is 103 Å². The van der Waals surface area contributed by atoms with Crippen LogP contribution in [0, 0.1) is 0 Å². The Morgan fingerprint density at radius 3 is 2.45 bits per heavy atom. The van der Waals surface area contributed by atoms with E-state index in [0.29, 0.717) is 6.04 Å². The first kappa shape index (κ1) is 16.5. The number of esters is 1. The summed E-state index contributed by atoms with van der Waals surface area (Å²) in [5.41, 5.74) is 0.220. The lowest BCUT2D eigenvalue weighted by Gasteiger charge is -2.26. The van der Waals surface area contributed by atoms with E-state index in [1.807, 2.05) is 0 Å². The van der Waals surface area contributed by atoms with Gasteiger partial charge in [0.2, 0.25) is 0 Å². The van der Waals surface area contributed by atoms with Gasteiger partial charge >= 0.3 is 5.97 Å². The van der Waals surface area contributed by atoms with Gasteiger partial charge in [-0.2, -0.15) is 0 Å². The van der Waals surface area contributed by atoms with E-state index in [4.69, 9.17) is 4.74 Å². The Kier molecular flexibility index (Phi) is 5.51. The average Bonchev–Trinajstić information content (AvgIpc) is 2.79. The van der Waals surface area contributed by atoms with Crippen molar-refractivity contribution >= 4 is 11.9 Å². The van der Waals surface area contributed by atoms with Crippen molar-refractivity contribution in [1.29, 1.82) is 0 Å². The number of carbonyl (C=O) groups is 2. The summed E-state index contributed by atoms with van der Waals surface area (Å²) in [5.74, 6) is -1.34. The first-order valence-corrected chi connectivity index (χ1v) is 7.44. The Balaban J connectivity index is 0.000000172. The van der Waals surface area contributed by atoms with Crippen LogP contribution in [-0.2, 0) is 9.53 Å². The summed E-state index contributed by atoms with van der Waals surface area (Å²) >= 11 is 0. The lowest BCUT2D eigenvalue weighted by molar-refractivity contribution is -0.719. The number of fused-ring (bicyclic) bond motifs is 2. The smallest absolute Gasteiger partial charge is 0.303 e. The van der Waals surface area contributed by atoms with Gasteiger partial charge in [0.1, 0.15) is 18.2 Å². The highest BCUT2D eigenvalue weighted by atomic mass is 16.5. The van der Waals surface area contributed by atoms with Crippen molar-refractivity contribution in [3.63, 3.8) is 0 Å². The van der Waals surface area contributed by atoms with Crippen LogP contribution in [0.25, 0.3) is 0 Å². The number of aromatic carboxylic acids is 1. The van der Waals surface area contributed by atoms with Gasteiger partial charge in [-0.25, -0.2) is 0 Å². The van der Waals surface area contributed by atoms with Gasteiger partial charge < -0.3 is 25.1 Å². The van der Waals surface area contributed by atoms with E-state index in [0.717, 1.165) is 19.3 Å². The van der Waals surface area contributed by atoms with Crippen molar-refractivity contribution in [1.82, 2.24) is 0 Å². The number of hydrogen-bond donors (Lipinski definition) is 2. The van der Waals surface area contributed by atoms with E-state index < -0.39 is 5.97 Å². The molecule has 4 unspecified atom stereocenters. The molecule has 2 heterocycles. The minimum absolute atomic E-state index is 0.0194. The van der Waals surface area contributed by atoms with Gasteiger partial charge in [0.05, 0.1) is 5.97 Å². The molecule has 0 radical (unpaired) electrons. The minimum Gasteiger partial charge on any atom is -0.545 e. The van der Waals surface area contributed by atoms with Gasteiger partial charge in [0.15, 0.2) is 6.10 Å². The van der Waals surface area contributed by atoms with E-state index >= 15 is 0 Å². The summed E-state index contributed by atoms with van der Waals surface area (Å²) in [5, 5.41) is 21.8. The van der Waals surface area contributed by atoms with Gasteiger partial charge in [-0.3, -0.25) is 4.79 Å². The summed E-state index contributed by atoms with van der Waals surface area (Å²) < 4.78 is 5.19. The van der Waals surface area contributed by atoms with Crippen LogP contribution in [0.2, 0.25) is 0 Å². The van der Waals surface area contributed by atoms with Gasteiger partial charge in [0, 0.05) is 19.8 Å². The number of carbonyl (C=O) groups excluding carboxylic acids is 2. The van der Waals surface area contributed by atoms with Crippen LogP contribution in [0.4, 0.5) is 0 Å². The van der Waals surface area contributed by atoms with Crippen molar-refractivity contribution in [2.75, 3.05) is 0 Å². The predicted octanol–water partition coefficient (Wildman–Crippen LogP) is -1.17. The molecule has 2 aliphatic heterocycles. The van der Waals surface area contributed by atoms with Gasteiger partial charge in [-0.15, -0.1) is 0 Å². The molecule has 6 heteroatoms. The molecule has 4 atom stereocenters. The first-order valence-electron chi connectivity index (χ1n) is 7.44. The summed E-state index contributed by atoms with van der Waals surface area (Å²) in [7, 11) is 0. The molecular weight excluding hydrogens is 286 g/mol. The Hall–Kier alpha value is -1.92. The number of nitrogens with two attached hydrogens (primary N) is 1. The predicted molar refractivity (Wildman–Crippen MR) is 75.7 cm³/mol. The third kappa shape index (κ3) is 4.29. The van der Waals surface area contributed by atoms with E-state index in [2.05, 4.69) is 5.32 Å². The van der Waals surface area contributed by atoms with Gasteiger partial charge in [-0.05, 0) is 12.0 Å². The number of ether oxygens (including phenoxy) is 1. The molecule has 3 rings (SSSR count). The molecule has 22 heavy (non-hydrogen) atoms. The Labute approximate surface area is 129 Å². The van der Waals surface area contributed by atoms with Crippen LogP contribution in [0.5, 0.6) is 0 Å². The Morgan fingerprint density at radius 1 is 1.23 bits per heavy atom. The van der Waals surface area contributed by atoms with Crippen LogP contribution in [0.3, 0.4) is 0 Å². The Morgan fingerprint density at radius 2 is 1.91 bits per heavy atom. The van der Waals surface area contributed by atoms with Crippen LogP contribution >= 0.6 is 0 Å². The van der Waals surface area contributed by atoms with Crippen LogP contribution in [0.1, 0.15) is 36.5 Å². The van der Waals surface area contributed by atoms with Gasteiger partial charge in [0.25, 0.3) is 0 Å². The quantitative estimate of drug-likeness (QED) is 0.670. The molecule has 0 aliphatic carbocycles.